The summed E-state index contributed by atoms with van der Waals surface area (Å²) in [7, 11) is 1.67. The summed E-state index contributed by atoms with van der Waals surface area (Å²) in [5, 5.41) is 3.23. The molecule has 1 heterocycles. The van der Waals surface area contributed by atoms with Crippen LogP contribution >= 0.6 is 0 Å². The first kappa shape index (κ1) is 16.5. The molecular weight excluding hydrogens is 276 g/mol. The molecule has 0 spiro atoms. The molecule has 4 heteroatoms. The van der Waals surface area contributed by atoms with E-state index in [4.69, 9.17) is 4.74 Å². The predicted octanol–water partition coefficient (Wildman–Crippen LogP) is 2.50. The van der Waals surface area contributed by atoms with Crippen LogP contribution in [-0.4, -0.2) is 24.8 Å². The fourth-order valence-corrected chi connectivity index (χ4v) is 2.46. The molecule has 0 atom stereocenters. The fraction of sp³-hybridized carbons (Fsp3) is 0.389. The van der Waals surface area contributed by atoms with Gasteiger partial charge in [-0.15, -0.1) is 0 Å². The van der Waals surface area contributed by atoms with Crippen LogP contribution < -0.4 is 10.7 Å². The van der Waals surface area contributed by atoms with Gasteiger partial charge in [0.05, 0.1) is 6.61 Å². The van der Waals surface area contributed by atoms with Crippen molar-refractivity contribution in [3.63, 3.8) is 0 Å². The van der Waals surface area contributed by atoms with Gasteiger partial charge in [0.2, 0.25) is 0 Å². The Morgan fingerprint density at radius 3 is 2.73 bits per heavy atom. The molecule has 0 aliphatic carbocycles. The molecule has 0 aliphatic heterocycles. The molecule has 4 nitrogen and oxygen atoms in total. The number of benzene rings is 1. The smallest absolute Gasteiger partial charge is 0.186 e. The number of nitrogens with zero attached hydrogens (tertiary/aromatic N) is 1. The number of nitrogens with one attached hydrogen (secondary N) is 1. The molecule has 118 valence electrons. The zero-order valence-corrected chi connectivity index (χ0v) is 13.8. The summed E-state index contributed by atoms with van der Waals surface area (Å²) in [6, 6.07) is 7.94. The van der Waals surface area contributed by atoms with E-state index in [1.165, 1.54) is 11.1 Å². The quantitative estimate of drug-likeness (QED) is 0.834. The van der Waals surface area contributed by atoms with Crippen molar-refractivity contribution < 1.29 is 4.74 Å². The summed E-state index contributed by atoms with van der Waals surface area (Å²) in [6.45, 7) is 8.09. The topological polar surface area (TPSA) is 43.3 Å². The third kappa shape index (κ3) is 3.64. The van der Waals surface area contributed by atoms with Crippen LogP contribution in [0.1, 0.15) is 22.4 Å². The standard InChI is InChI=1S/C18H24N2O2/c1-13-6-5-7-17(15(13)3)20-12-16(11-19-8-9-22-4)18(21)10-14(20)2/h5-7,10,12,19H,8-9,11H2,1-4H3. The first-order valence-electron chi connectivity index (χ1n) is 7.53. The second-order valence-corrected chi connectivity index (χ2v) is 5.56. The van der Waals surface area contributed by atoms with Gasteiger partial charge in [-0.05, 0) is 38.0 Å². The zero-order chi connectivity index (χ0) is 16.1. The van der Waals surface area contributed by atoms with Crippen molar-refractivity contribution in [1.29, 1.82) is 0 Å². The first-order valence-corrected chi connectivity index (χ1v) is 7.53. The van der Waals surface area contributed by atoms with Crippen molar-refractivity contribution in [2.75, 3.05) is 20.3 Å². The second kappa shape index (κ2) is 7.38. The van der Waals surface area contributed by atoms with Gasteiger partial charge >= 0.3 is 0 Å². The van der Waals surface area contributed by atoms with Gasteiger partial charge in [-0.2, -0.15) is 0 Å². The molecule has 0 saturated carbocycles. The Balaban J connectivity index is 2.36. The van der Waals surface area contributed by atoms with Crippen LogP contribution in [0, 0.1) is 20.8 Å². The normalized spacial score (nSPS) is 10.9. The predicted molar refractivity (Wildman–Crippen MR) is 89.8 cm³/mol. The minimum absolute atomic E-state index is 0.0731. The summed E-state index contributed by atoms with van der Waals surface area (Å²) in [5.41, 5.74) is 5.38. The molecule has 2 aromatic rings. The lowest BCUT2D eigenvalue weighted by Crippen LogP contribution is -2.24. The molecule has 2 rings (SSSR count). The maximum absolute atomic E-state index is 12.2. The summed E-state index contributed by atoms with van der Waals surface area (Å²) in [4.78, 5) is 12.2. The van der Waals surface area contributed by atoms with E-state index in [0.717, 1.165) is 23.5 Å². The number of rotatable bonds is 6. The summed E-state index contributed by atoms with van der Waals surface area (Å²) in [5.74, 6) is 0. The average molecular weight is 300 g/mol. The maximum Gasteiger partial charge on any atom is 0.186 e. The van der Waals surface area contributed by atoms with Crippen LogP contribution in [-0.2, 0) is 11.3 Å². The third-order valence-corrected chi connectivity index (χ3v) is 3.96. The van der Waals surface area contributed by atoms with Gasteiger partial charge in [0.25, 0.3) is 0 Å². The SMILES string of the molecule is COCCNCc1cn(-c2cccc(C)c2C)c(C)cc1=O. The lowest BCUT2D eigenvalue weighted by molar-refractivity contribution is 0.199. The van der Waals surface area contributed by atoms with Gasteiger partial charge in [-0.1, -0.05) is 12.1 Å². The van der Waals surface area contributed by atoms with Gasteiger partial charge in [0.15, 0.2) is 5.43 Å². The Kier molecular flexibility index (Phi) is 5.52. The molecular formula is C18H24N2O2. The van der Waals surface area contributed by atoms with Crippen molar-refractivity contribution in [1.82, 2.24) is 9.88 Å². The second-order valence-electron chi connectivity index (χ2n) is 5.56. The molecule has 22 heavy (non-hydrogen) atoms. The van der Waals surface area contributed by atoms with E-state index >= 15 is 0 Å². The molecule has 0 saturated heterocycles. The van der Waals surface area contributed by atoms with Gasteiger partial charge < -0.3 is 14.6 Å². The van der Waals surface area contributed by atoms with Crippen LogP contribution in [0.25, 0.3) is 5.69 Å². The molecule has 1 aromatic carbocycles. The zero-order valence-electron chi connectivity index (χ0n) is 13.8. The molecule has 0 amide bonds. The van der Waals surface area contributed by atoms with Crippen molar-refractivity contribution in [3.8, 4) is 5.69 Å². The van der Waals surface area contributed by atoms with E-state index < -0.39 is 0 Å². The van der Waals surface area contributed by atoms with Crippen molar-refractivity contribution >= 4 is 0 Å². The van der Waals surface area contributed by atoms with Crippen molar-refractivity contribution in [2.45, 2.75) is 27.3 Å². The van der Waals surface area contributed by atoms with Crippen molar-refractivity contribution in [2.24, 2.45) is 0 Å². The van der Waals surface area contributed by atoms with E-state index in [-0.39, 0.29) is 5.43 Å². The van der Waals surface area contributed by atoms with E-state index in [1.807, 2.05) is 19.2 Å². The summed E-state index contributed by atoms with van der Waals surface area (Å²) >= 11 is 0. The van der Waals surface area contributed by atoms with Gasteiger partial charge in [-0.25, -0.2) is 0 Å². The number of aryl methyl sites for hydroxylation is 2. The van der Waals surface area contributed by atoms with Crippen LogP contribution in [0.2, 0.25) is 0 Å². The monoisotopic (exact) mass is 300 g/mol. The first-order chi connectivity index (χ1) is 10.5. The number of hydrogen-bond acceptors (Lipinski definition) is 3. The Hall–Kier alpha value is -1.91. The van der Waals surface area contributed by atoms with Gasteiger partial charge in [-0.3, -0.25) is 4.79 Å². The molecule has 0 radical (unpaired) electrons. The number of aromatic nitrogens is 1. The highest BCUT2D eigenvalue weighted by atomic mass is 16.5. The van der Waals surface area contributed by atoms with Crippen LogP contribution in [0.3, 0.4) is 0 Å². The van der Waals surface area contributed by atoms with Crippen molar-refractivity contribution in [3.05, 3.63) is 63.1 Å². The van der Waals surface area contributed by atoms with Crippen LogP contribution in [0.4, 0.5) is 0 Å². The lowest BCUT2D eigenvalue weighted by Gasteiger charge is -2.16. The molecule has 0 bridgehead atoms. The Morgan fingerprint density at radius 1 is 1.23 bits per heavy atom. The van der Waals surface area contributed by atoms with Crippen LogP contribution in [0.5, 0.6) is 0 Å². The maximum atomic E-state index is 12.2. The third-order valence-electron chi connectivity index (χ3n) is 3.96. The summed E-state index contributed by atoms with van der Waals surface area (Å²) < 4.78 is 7.10. The Morgan fingerprint density at radius 2 is 2.00 bits per heavy atom. The fourth-order valence-electron chi connectivity index (χ4n) is 2.46. The van der Waals surface area contributed by atoms with Gasteiger partial charge in [0, 0.05) is 49.4 Å². The van der Waals surface area contributed by atoms with E-state index in [9.17, 15) is 4.79 Å². The van der Waals surface area contributed by atoms with E-state index in [1.54, 1.807) is 13.2 Å². The highest BCUT2D eigenvalue weighted by molar-refractivity contribution is 5.46. The minimum atomic E-state index is 0.0731. The van der Waals surface area contributed by atoms with Crippen LogP contribution in [0.15, 0.2) is 35.3 Å². The number of methoxy groups -OCH3 is 1. The number of pyridine rings is 1. The molecule has 0 unspecified atom stereocenters. The summed E-state index contributed by atoms with van der Waals surface area (Å²) in [6.07, 6.45) is 1.94. The lowest BCUT2D eigenvalue weighted by atomic mass is 10.1. The van der Waals surface area contributed by atoms with E-state index in [0.29, 0.717) is 13.2 Å². The Bertz CT molecular complexity index is 705. The molecule has 0 fully saturated rings. The molecule has 1 N–H and O–H groups in total. The van der Waals surface area contributed by atoms with E-state index in [2.05, 4.69) is 35.9 Å². The Labute approximate surface area is 131 Å². The number of hydrogen-bond donors (Lipinski definition) is 1. The minimum Gasteiger partial charge on any atom is -0.383 e. The largest absolute Gasteiger partial charge is 0.383 e. The number of ether oxygens (including phenoxy) is 1. The highest BCUT2D eigenvalue weighted by Crippen LogP contribution is 2.19. The van der Waals surface area contributed by atoms with Gasteiger partial charge in [0.1, 0.15) is 0 Å². The molecule has 1 aromatic heterocycles. The highest BCUT2D eigenvalue weighted by Gasteiger charge is 2.08. The molecule has 0 aliphatic rings. The average Bonchev–Trinajstić information content (AvgIpc) is 2.49.